The number of halogens is 17. The highest BCUT2D eigenvalue weighted by molar-refractivity contribution is 5.90. The highest BCUT2D eigenvalue weighted by Gasteiger charge is 2.87. The molecule has 3 unspecified atom stereocenters. The summed E-state index contributed by atoms with van der Waals surface area (Å²) in [6, 6.07) is 0.490. The lowest BCUT2D eigenvalue weighted by Crippen LogP contribution is -2.73. The average molecular weight is 817 g/mol. The molecule has 0 radical (unpaired) electrons. The molecule has 0 heterocycles. The summed E-state index contributed by atoms with van der Waals surface area (Å²) in [5.74, 6) is -14.7. The van der Waals surface area contributed by atoms with Crippen molar-refractivity contribution in [2.75, 3.05) is 0 Å². The van der Waals surface area contributed by atoms with Gasteiger partial charge in [0, 0.05) is 12.0 Å². The zero-order valence-electron chi connectivity index (χ0n) is 28.1. The van der Waals surface area contributed by atoms with Crippen LogP contribution < -0.4 is 0 Å². The van der Waals surface area contributed by atoms with Crippen LogP contribution in [0.4, 0.5) is 74.6 Å². The largest absolute Gasteiger partial charge is 0.459 e. The van der Waals surface area contributed by atoms with Gasteiger partial charge in [0.1, 0.15) is 5.60 Å². The normalized spacial score (nSPS) is 16.9. The summed E-state index contributed by atoms with van der Waals surface area (Å²) in [6.07, 6.45) is -36.4. The quantitative estimate of drug-likeness (QED) is 0.191. The molecule has 5 nitrogen and oxygen atoms in total. The van der Waals surface area contributed by atoms with Crippen molar-refractivity contribution in [2.24, 2.45) is 5.41 Å². The first-order chi connectivity index (χ1) is 23.9. The maximum Gasteiger partial charge on any atom is 0.434 e. The Morgan fingerprint density at radius 1 is 0.630 bits per heavy atom. The van der Waals surface area contributed by atoms with Gasteiger partial charge in [0.25, 0.3) is 11.2 Å². The second-order valence-electron chi connectivity index (χ2n) is 13.1. The van der Waals surface area contributed by atoms with Crippen molar-refractivity contribution in [1.29, 1.82) is 0 Å². The van der Waals surface area contributed by atoms with E-state index < -0.39 is 112 Å². The predicted octanol–water partition coefficient (Wildman–Crippen LogP) is 10.6. The van der Waals surface area contributed by atoms with E-state index in [9.17, 15) is 67.4 Å². The summed E-state index contributed by atoms with van der Waals surface area (Å²) in [7, 11) is 0. The second-order valence-corrected chi connectivity index (χ2v) is 13.1. The van der Waals surface area contributed by atoms with Crippen LogP contribution in [-0.2, 0) is 26.0 Å². The summed E-state index contributed by atoms with van der Waals surface area (Å²) < 4.78 is 252. The minimum atomic E-state index is -6.87. The van der Waals surface area contributed by atoms with Crippen molar-refractivity contribution in [2.45, 2.75) is 107 Å². The first-order valence-corrected chi connectivity index (χ1v) is 15.0. The number of alkyl halides is 17. The van der Waals surface area contributed by atoms with Crippen molar-refractivity contribution in [3.8, 4) is 0 Å². The molecule has 0 saturated heterocycles. The smallest absolute Gasteiger partial charge is 0.434 e. The number of benzene rings is 2. The predicted molar refractivity (Wildman–Crippen MR) is 151 cm³/mol. The van der Waals surface area contributed by atoms with Crippen LogP contribution in [0, 0.1) is 5.41 Å². The van der Waals surface area contributed by atoms with Gasteiger partial charge in [0.05, 0.1) is 11.1 Å². The van der Waals surface area contributed by atoms with Gasteiger partial charge in [-0.25, -0.2) is 13.6 Å². The number of carbonyl (C=O) groups excluding carboxylic acids is 2. The molecule has 2 aromatic rings. The molecule has 0 aliphatic carbocycles. The van der Waals surface area contributed by atoms with Crippen molar-refractivity contribution in [1.82, 2.24) is 0 Å². The number of aliphatic hydroxyl groups is 1. The molecule has 0 aliphatic rings. The van der Waals surface area contributed by atoms with Gasteiger partial charge in [-0.2, -0.15) is 65.9 Å². The van der Waals surface area contributed by atoms with E-state index in [-0.39, 0.29) is 55.5 Å². The molecule has 2 aromatic carbocycles. The summed E-state index contributed by atoms with van der Waals surface area (Å²) in [5, 5.41) is 9.61. The number of carbonyl (C=O) groups is 2. The van der Waals surface area contributed by atoms with Gasteiger partial charge in [-0.3, -0.25) is 4.79 Å². The molecule has 0 aromatic heterocycles. The molecule has 306 valence electrons. The Balaban J connectivity index is 3.00. The highest BCUT2D eigenvalue weighted by Crippen LogP contribution is 2.63. The molecule has 0 spiro atoms. The van der Waals surface area contributed by atoms with Gasteiger partial charge in [0.15, 0.2) is 0 Å². The molecule has 54 heavy (non-hydrogen) atoms. The van der Waals surface area contributed by atoms with Gasteiger partial charge in [-0.15, -0.1) is 0 Å². The zero-order valence-corrected chi connectivity index (χ0v) is 28.1. The van der Waals surface area contributed by atoms with Crippen LogP contribution in [-0.4, -0.2) is 58.9 Å². The van der Waals surface area contributed by atoms with Gasteiger partial charge >= 0.3 is 48.7 Å². The number of esters is 2. The minimum absolute atomic E-state index is 0.0734. The number of ether oxygens (including phenoxy) is 2. The molecule has 1 N–H and O–H groups in total. The van der Waals surface area contributed by atoms with E-state index in [2.05, 4.69) is 9.47 Å². The van der Waals surface area contributed by atoms with E-state index in [4.69, 9.17) is 0 Å². The van der Waals surface area contributed by atoms with Crippen LogP contribution in [0.1, 0.15) is 80.4 Å². The van der Waals surface area contributed by atoms with E-state index in [1.54, 1.807) is 0 Å². The Bertz CT molecular complexity index is 1620. The van der Waals surface area contributed by atoms with E-state index in [1.165, 1.54) is 0 Å². The Morgan fingerprint density at radius 3 is 1.39 bits per heavy atom. The summed E-state index contributed by atoms with van der Waals surface area (Å²) in [6.45, 7) is 3.25. The third-order valence-electron chi connectivity index (χ3n) is 8.29. The Hall–Kier alpha value is -3.85. The maximum absolute atomic E-state index is 16.9. The molecular formula is C32H29F17O5. The highest BCUT2D eigenvalue weighted by atomic mass is 19.4. The van der Waals surface area contributed by atoms with Crippen LogP contribution >= 0.6 is 0 Å². The molecule has 3 atom stereocenters. The van der Waals surface area contributed by atoms with Gasteiger partial charge in [0.2, 0.25) is 5.41 Å². The van der Waals surface area contributed by atoms with Gasteiger partial charge in [-0.1, -0.05) is 38.1 Å². The molecule has 0 aliphatic heterocycles. The first-order valence-electron chi connectivity index (χ1n) is 15.0. The van der Waals surface area contributed by atoms with Crippen molar-refractivity contribution >= 4 is 11.9 Å². The van der Waals surface area contributed by atoms with Gasteiger partial charge < -0.3 is 14.6 Å². The van der Waals surface area contributed by atoms with Gasteiger partial charge in [-0.05, 0) is 62.9 Å². The summed E-state index contributed by atoms with van der Waals surface area (Å²) in [5.41, 5.74) is -24.8. The fourth-order valence-electron chi connectivity index (χ4n) is 5.39. The number of rotatable bonds is 10. The fourth-order valence-corrected chi connectivity index (χ4v) is 5.39. The van der Waals surface area contributed by atoms with E-state index in [1.807, 2.05) is 0 Å². The topological polar surface area (TPSA) is 72.8 Å². The van der Waals surface area contributed by atoms with Crippen LogP contribution in [0.15, 0.2) is 48.5 Å². The fraction of sp³-hybridized carbons (Fsp3) is 0.562. The lowest BCUT2D eigenvalue weighted by molar-refractivity contribution is -0.390. The summed E-state index contributed by atoms with van der Waals surface area (Å²) in [4.78, 5) is 26.1. The van der Waals surface area contributed by atoms with E-state index in [0.717, 1.165) is 20.8 Å². The molecule has 0 saturated carbocycles. The molecular weight excluding hydrogens is 787 g/mol. The lowest BCUT2D eigenvalue weighted by Gasteiger charge is -2.49. The molecule has 0 fully saturated rings. The standard InChI is InChI=1S/C32H29F17O5/c1-6-24(29(38,39)40,22(51)54-23(3,4)5)28(36,37)25(30(41,42)43,53-21(50)18-9-13-20(14-10-18)27(33,34)35)15-16(2)17-7-11-19(12-8-17)26(52,31(44,45)46)32(47,48)49/h7-14,16,52H,6,15H2,1-5H3. The van der Waals surface area contributed by atoms with Crippen LogP contribution in [0.3, 0.4) is 0 Å². The first kappa shape index (κ1) is 46.3. The van der Waals surface area contributed by atoms with Crippen molar-refractivity contribution in [3.05, 3.63) is 70.8 Å². The van der Waals surface area contributed by atoms with Crippen molar-refractivity contribution in [3.63, 3.8) is 0 Å². The molecule has 22 heteroatoms. The van der Waals surface area contributed by atoms with Crippen LogP contribution in [0.5, 0.6) is 0 Å². The number of hydrogen-bond donors (Lipinski definition) is 1. The van der Waals surface area contributed by atoms with Crippen molar-refractivity contribution < 1.29 is 98.8 Å². The van der Waals surface area contributed by atoms with Crippen LogP contribution in [0.25, 0.3) is 0 Å². The SMILES string of the molecule is CCC(C(=O)OC(C)(C)C)(C(F)(F)F)C(F)(F)C(CC(C)c1ccc(C(O)(C(F)(F)F)C(F)(F)F)cc1)(OC(=O)c1ccc(C(F)(F)F)cc1)C(F)(F)F. The molecule has 0 amide bonds. The molecule has 2 rings (SSSR count). The third-order valence-corrected chi connectivity index (χ3v) is 8.29. The Morgan fingerprint density at radius 2 is 1.06 bits per heavy atom. The Labute approximate surface area is 294 Å². The second kappa shape index (κ2) is 14.3. The van der Waals surface area contributed by atoms with E-state index >= 15 is 22.0 Å². The summed E-state index contributed by atoms with van der Waals surface area (Å²) >= 11 is 0. The Kier molecular flexibility index (Phi) is 12.3. The maximum atomic E-state index is 16.9. The third kappa shape index (κ3) is 8.22. The zero-order chi connectivity index (χ0) is 42.5. The lowest BCUT2D eigenvalue weighted by atomic mass is 9.67. The number of hydrogen-bond acceptors (Lipinski definition) is 5. The monoisotopic (exact) mass is 816 g/mol. The molecule has 0 bridgehead atoms. The van der Waals surface area contributed by atoms with Crippen LogP contribution in [0.2, 0.25) is 0 Å². The van der Waals surface area contributed by atoms with E-state index in [0.29, 0.717) is 6.92 Å². The average Bonchev–Trinajstić information content (AvgIpc) is 2.96. The minimum Gasteiger partial charge on any atom is -0.459 e.